The summed E-state index contributed by atoms with van der Waals surface area (Å²) in [6.07, 6.45) is 0.758. The molecule has 13 rings (SSSR count). The van der Waals surface area contributed by atoms with Crippen LogP contribution in [0, 0.1) is 27.7 Å². The maximum Gasteiger partial charge on any atom is 0.119 e. The second-order valence-electron chi connectivity index (χ2n) is 24.2. The molecule has 0 saturated carbocycles. The molecule has 0 atom stereocenters. The normalized spacial score (nSPS) is 12.8. The molecule has 0 unspecified atom stereocenters. The zero-order valence-corrected chi connectivity index (χ0v) is 46.8. The highest BCUT2D eigenvalue weighted by atomic mass is 16.5. The fourth-order valence-corrected chi connectivity index (χ4v) is 13.6. The van der Waals surface area contributed by atoms with Gasteiger partial charge in [-0.1, -0.05) is 102 Å². The fourth-order valence-electron chi connectivity index (χ4n) is 13.6. The molecule has 77 heavy (non-hydrogen) atoms. The predicted molar refractivity (Wildman–Crippen MR) is 326 cm³/mol. The summed E-state index contributed by atoms with van der Waals surface area (Å²) in [5.74, 6) is 2.57. The first-order valence-corrected chi connectivity index (χ1v) is 27.2. The number of aliphatic hydroxyl groups excluding tert-OH is 1. The quantitative estimate of drug-likeness (QED) is 0.154. The predicted octanol–water partition coefficient (Wildman–Crippen LogP) is 19.1. The van der Waals surface area contributed by atoms with E-state index in [4.69, 9.17) is 14.2 Å². The minimum Gasteiger partial charge on any atom is -0.497 e. The van der Waals surface area contributed by atoms with Gasteiger partial charge in [0.2, 0.25) is 0 Å². The van der Waals surface area contributed by atoms with Crippen LogP contribution in [-0.2, 0) is 23.9 Å². The number of hydrogen-bond acceptors (Lipinski definition) is 4. The Hall–Kier alpha value is -7.92. The number of benzene rings is 12. The van der Waals surface area contributed by atoms with Gasteiger partial charge in [0.05, 0.1) is 27.9 Å². The number of aryl methyl sites for hydroxylation is 4. The van der Waals surface area contributed by atoms with Gasteiger partial charge in [-0.05, 0) is 288 Å². The Morgan fingerprint density at radius 3 is 1.06 bits per heavy atom. The van der Waals surface area contributed by atoms with Gasteiger partial charge in [0, 0.05) is 0 Å². The summed E-state index contributed by atoms with van der Waals surface area (Å²) >= 11 is 0. The van der Waals surface area contributed by atoms with E-state index in [2.05, 4.69) is 203 Å². The SMILES string of the molecule is COc1ccc(-c2cc3cc(C(C)(C)C)cc4cc(-c5c(C)cc(OC)cc5C)c5c6c(cc2c5c34)-c2cc3c(-c4ccc(CO)cc4)cc4cc(C(C)(C)C)cc5cc(-c7c(C)cc(OC)cc7C)c(c2C6)c3c45)cc1. The van der Waals surface area contributed by atoms with Crippen LogP contribution in [0.15, 0.2) is 133 Å². The zero-order chi connectivity index (χ0) is 53.7. The summed E-state index contributed by atoms with van der Waals surface area (Å²) in [6, 6.07) is 50.9. The minimum absolute atomic E-state index is 0.00441. The average molecular weight is 1010 g/mol. The molecule has 12 aromatic rings. The number of hydrogen-bond donors (Lipinski definition) is 1. The monoisotopic (exact) mass is 1010 g/mol. The highest BCUT2D eigenvalue weighted by Crippen LogP contribution is 2.57. The number of fused-ring (bicyclic) bond motifs is 5. The highest BCUT2D eigenvalue weighted by molar-refractivity contribution is 6.34. The van der Waals surface area contributed by atoms with E-state index >= 15 is 0 Å². The van der Waals surface area contributed by atoms with Crippen molar-refractivity contribution in [3.63, 3.8) is 0 Å². The zero-order valence-electron chi connectivity index (χ0n) is 46.8. The van der Waals surface area contributed by atoms with E-state index in [9.17, 15) is 5.11 Å². The molecule has 1 aliphatic carbocycles. The summed E-state index contributed by atoms with van der Waals surface area (Å²) in [5.41, 5.74) is 23.1. The van der Waals surface area contributed by atoms with Crippen LogP contribution in [-0.4, -0.2) is 26.4 Å². The van der Waals surface area contributed by atoms with Crippen LogP contribution in [0.4, 0.5) is 0 Å². The molecular weight excluding hydrogens is 941 g/mol. The summed E-state index contributed by atoms with van der Waals surface area (Å²) in [7, 11) is 5.27. The third-order valence-corrected chi connectivity index (χ3v) is 17.3. The molecule has 0 radical (unpaired) electrons. The molecule has 0 aliphatic heterocycles. The molecule has 0 fully saturated rings. The smallest absolute Gasteiger partial charge is 0.119 e. The highest BCUT2D eigenvalue weighted by Gasteiger charge is 2.33. The Morgan fingerprint density at radius 1 is 0.377 bits per heavy atom. The third kappa shape index (κ3) is 7.43. The molecular formula is C73H66O4. The molecule has 12 aromatic carbocycles. The lowest BCUT2D eigenvalue weighted by atomic mass is 9.78. The van der Waals surface area contributed by atoms with E-state index in [0.717, 1.165) is 40.4 Å². The lowest BCUT2D eigenvalue weighted by molar-refractivity contribution is 0.282. The Balaban J connectivity index is 1.26. The van der Waals surface area contributed by atoms with Gasteiger partial charge in [0.1, 0.15) is 17.2 Å². The Morgan fingerprint density at radius 2 is 0.727 bits per heavy atom. The van der Waals surface area contributed by atoms with Crippen LogP contribution in [0.5, 0.6) is 17.2 Å². The van der Waals surface area contributed by atoms with Crippen LogP contribution < -0.4 is 14.2 Å². The third-order valence-electron chi connectivity index (χ3n) is 17.3. The van der Waals surface area contributed by atoms with E-state index in [1.807, 2.05) is 0 Å². The fraction of sp³-hybridized carbons (Fsp3) is 0.233. The van der Waals surface area contributed by atoms with Gasteiger partial charge in [-0.2, -0.15) is 0 Å². The van der Waals surface area contributed by atoms with Crippen molar-refractivity contribution in [1.82, 2.24) is 0 Å². The first kappa shape index (κ1) is 48.7. The topological polar surface area (TPSA) is 47.9 Å². The molecule has 1 N–H and O–H groups in total. The standard InChI is InChI=1S/C73H66O4/c1-38-22-52(76-12)23-39(2)64(38)62-32-47-28-49(72(5,6)7)26-45-30-54(43-16-14-42(37-74)15-17-43)58-34-56-57-35-59-55(44-18-20-51(75-11)21-19-44)31-46-27-50(73(8,9)10)29-48-33-63(65-40(3)24-53(77-13)25-41(65)4)69(71(59)67(46)48)61(57)36-60(56)68(62)70(58)66(45)47/h14-35,74H,36-37H2,1-13H3. The van der Waals surface area contributed by atoms with E-state index in [0.29, 0.717) is 0 Å². The van der Waals surface area contributed by atoms with Crippen molar-refractivity contribution in [2.45, 2.75) is 93.1 Å². The van der Waals surface area contributed by atoms with Gasteiger partial charge < -0.3 is 19.3 Å². The molecule has 1 aliphatic rings. The molecule has 0 amide bonds. The molecule has 4 heteroatoms. The van der Waals surface area contributed by atoms with Crippen LogP contribution in [0.2, 0.25) is 0 Å². The van der Waals surface area contributed by atoms with Gasteiger partial charge in [-0.15, -0.1) is 0 Å². The number of ether oxygens (including phenoxy) is 3. The van der Waals surface area contributed by atoms with E-state index in [1.54, 1.807) is 21.3 Å². The number of methoxy groups -OCH3 is 3. The summed E-state index contributed by atoms with van der Waals surface area (Å²) in [4.78, 5) is 0. The van der Waals surface area contributed by atoms with Gasteiger partial charge in [0.15, 0.2) is 0 Å². The lowest BCUT2D eigenvalue weighted by Crippen LogP contribution is -2.11. The van der Waals surface area contributed by atoms with Gasteiger partial charge in [-0.3, -0.25) is 0 Å². The molecule has 0 saturated heterocycles. The van der Waals surface area contributed by atoms with Crippen molar-refractivity contribution in [1.29, 1.82) is 0 Å². The van der Waals surface area contributed by atoms with Crippen molar-refractivity contribution in [3.05, 3.63) is 184 Å². The van der Waals surface area contributed by atoms with Gasteiger partial charge in [0.25, 0.3) is 0 Å². The molecule has 0 heterocycles. The first-order valence-electron chi connectivity index (χ1n) is 27.2. The van der Waals surface area contributed by atoms with Crippen LogP contribution in [0.25, 0.3) is 120 Å². The van der Waals surface area contributed by atoms with Crippen LogP contribution in [0.3, 0.4) is 0 Å². The van der Waals surface area contributed by atoms with Crippen molar-refractivity contribution in [3.8, 4) is 72.9 Å². The van der Waals surface area contributed by atoms with Crippen molar-refractivity contribution in [2.75, 3.05) is 21.3 Å². The maximum absolute atomic E-state index is 10.3. The summed E-state index contributed by atoms with van der Waals surface area (Å²) in [6.45, 7) is 22.9. The Bertz CT molecular complexity index is 4090. The molecule has 4 nitrogen and oxygen atoms in total. The average Bonchev–Trinajstić information content (AvgIpc) is 4.05. The number of rotatable bonds is 8. The Labute approximate surface area is 452 Å². The van der Waals surface area contributed by atoms with E-state index in [1.165, 1.54) is 154 Å². The molecule has 0 spiro atoms. The van der Waals surface area contributed by atoms with E-state index in [-0.39, 0.29) is 17.4 Å². The van der Waals surface area contributed by atoms with Crippen LogP contribution >= 0.6 is 0 Å². The van der Waals surface area contributed by atoms with E-state index < -0.39 is 0 Å². The Kier molecular flexibility index (Phi) is 10.9. The summed E-state index contributed by atoms with van der Waals surface area (Å²) in [5, 5.41) is 25.6. The molecule has 0 bridgehead atoms. The lowest BCUT2D eigenvalue weighted by Gasteiger charge is -2.25. The molecule has 0 aromatic heterocycles. The summed E-state index contributed by atoms with van der Waals surface area (Å²) < 4.78 is 17.6. The van der Waals surface area contributed by atoms with Gasteiger partial charge in [-0.25, -0.2) is 0 Å². The molecule has 382 valence electrons. The van der Waals surface area contributed by atoms with Crippen molar-refractivity contribution < 1.29 is 19.3 Å². The van der Waals surface area contributed by atoms with Gasteiger partial charge >= 0.3 is 0 Å². The minimum atomic E-state index is -0.0827. The maximum atomic E-state index is 10.3. The van der Waals surface area contributed by atoms with Crippen LogP contribution in [0.1, 0.15) is 91.6 Å². The first-order chi connectivity index (χ1) is 36.9. The largest absolute Gasteiger partial charge is 0.497 e. The second-order valence-corrected chi connectivity index (χ2v) is 24.2. The second kappa shape index (κ2) is 17.3. The van der Waals surface area contributed by atoms with Crippen molar-refractivity contribution in [2.24, 2.45) is 0 Å². The number of aliphatic hydroxyl groups is 1. The van der Waals surface area contributed by atoms with Crippen molar-refractivity contribution >= 4 is 64.6 Å².